The Labute approximate surface area is 180 Å². The van der Waals surface area contributed by atoms with Crippen molar-refractivity contribution >= 4 is 28.8 Å². The molecular weight excluding hydrogens is 396 g/mol. The topological polar surface area (TPSA) is 49.9 Å². The van der Waals surface area contributed by atoms with Crippen LogP contribution in [0.5, 0.6) is 5.75 Å². The molecule has 6 heteroatoms. The van der Waals surface area contributed by atoms with Gasteiger partial charge >= 0.3 is 0 Å². The van der Waals surface area contributed by atoms with E-state index in [1.54, 1.807) is 23.3 Å². The molecule has 1 aliphatic rings. The van der Waals surface area contributed by atoms with Crippen molar-refractivity contribution in [1.29, 1.82) is 0 Å². The van der Waals surface area contributed by atoms with Gasteiger partial charge in [-0.15, -0.1) is 11.3 Å². The summed E-state index contributed by atoms with van der Waals surface area (Å²) in [5.74, 6) is 0.399. The number of methoxy groups -OCH3 is 1. The predicted molar refractivity (Wildman–Crippen MR) is 118 cm³/mol. The summed E-state index contributed by atoms with van der Waals surface area (Å²) in [5.41, 5.74) is 1.79. The first kappa shape index (κ1) is 20.2. The fourth-order valence-electron chi connectivity index (χ4n) is 3.83. The fraction of sp³-hybridized carbons (Fsp3) is 0.250. The van der Waals surface area contributed by atoms with Gasteiger partial charge in [0.2, 0.25) is 11.8 Å². The molecular formula is C24H24N2O3S. The maximum atomic E-state index is 13.5. The third-order valence-electron chi connectivity index (χ3n) is 5.33. The van der Waals surface area contributed by atoms with E-state index in [0.29, 0.717) is 19.6 Å². The van der Waals surface area contributed by atoms with Crippen LogP contribution in [-0.2, 0) is 22.7 Å². The number of para-hydroxylation sites is 2. The lowest BCUT2D eigenvalue weighted by Crippen LogP contribution is -2.36. The number of ether oxygens (including phenoxy) is 1. The number of carbonyl (C=O) groups excluding carboxylic acids is 2. The zero-order valence-electron chi connectivity index (χ0n) is 16.9. The molecule has 2 aromatic carbocycles. The Bertz CT molecular complexity index is 1000. The predicted octanol–water partition coefficient (Wildman–Crippen LogP) is 4.34. The number of benzene rings is 2. The van der Waals surface area contributed by atoms with Crippen LogP contribution in [0, 0.1) is 5.92 Å². The molecule has 154 valence electrons. The monoisotopic (exact) mass is 420 g/mol. The van der Waals surface area contributed by atoms with Crippen LogP contribution in [0.2, 0.25) is 0 Å². The highest BCUT2D eigenvalue weighted by Gasteiger charge is 2.37. The molecule has 1 fully saturated rings. The maximum Gasteiger partial charge on any atom is 0.228 e. The third kappa shape index (κ3) is 4.39. The van der Waals surface area contributed by atoms with Gasteiger partial charge in [0.05, 0.1) is 19.6 Å². The van der Waals surface area contributed by atoms with E-state index in [0.717, 1.165) is 21.9 Å². The number of rotatable bonds is 7. The Balaban J connectivity index is 1.55. The highest BCUT2D eigenvalue weighted by Crippen LogP contribution is 2.28. The van der Waals surface area contributed by atoms with Crippen LogP contribution in [0.3, 0.4) is 0 Å². The van der Waals surface area contributed by atoms with E-state index in [2.05, 4.69) is 0 Å². The van der Waals surface area contributed by atoms with Crippen molar-refractivity contribution < 1.29 is 14.3 Å². The van der Waals surface area contributed by atoms with Gasteiger partial charge in [0.25, 0.3) is 0 Å². The van der Waals surface area contributed by atoms with Gasteiger partial charge in [0.15, 0.2) is 0 Å². The largest absolute Gasteiger partial charge is 0.496 e. The number of anilines is 1. The van der Waals surface area contributed by atoms with Crippen molar-refractivity contribution in [1.82, 2.24) is 4.90 Å². The normalized spacial score (nSPS) is 16.0. The first-order valence-corrected chi connectivity index (χ1v) is 10.8. The molecule has 1 unspecified atom stereocenters. The van der Waals surface area contributed by atoms with Crippen LogP contribution in [-0.4, -0.2) is 30.4 Å². The number of nitrogens with zero attached hydrogens (tertiary/aromatic N) is 2. The van der Waals surface area contributed by atoms with Crippen LogP contribution in [0.25, 0.3) is 0 Å². The van der Waals surface area contributed by atoms with E-state index in [1.807, 2.05) is 77.0 Å². The molecule has 5 nitrogen and oxygen atoms in total. The summed E-state index contributed by atoms with van der Waals surface area (Å²) in [4.78, 5) is 30.8. The molecule has 1 saturated heterocycles. The van der Waals surface area contributed by atoms with E-state index < -0.39 is 0 Å². The van der Waals surface area contributed by atoms with Crippen molar-refractivity contribution in [2.75, 3.05) is 18.6 Å². The van der Waals surface area contributed by atoms with Crippen LogP contribution in [0.15, 0.2) is 72.1 Å². The molecule has 0 N–H and O–H groups in total. The van der Waals surface area contributed by atoms with Crippen LogP contribution < -0.4 is 9.64 Å². The highest BCUT2D eigenvalue weighted by atomic mass is 32.1. The van der Waals surface area contributed by atoms with Crippen molar-refractivity contribution in [2.45, 2.75) is 19.5 Å². The number of thiophene rings is 1. The molecule has 2 amide bonds. The minimum atomic E-state index is -0.354. The zero-order chi connectivity index (χ0) is 20.9. The van der Waals surface area contributed by atoms with E-state index in [9.17, 15) is 9.59 Å². The van der Waals surface area contributed by atoms with E-state index in [4.69, 9.17) is 4.74 Å². The van der Waals surface area contributed by atoms with Crippen molar-refractivity contribution in [3.05, 3.63) is 82.6 Å². The second kappa shape index (κ2) is 9.13. The molecule has 0 saturated carbocycles. The standard InChI is InChI=1S/C24H24N2O3S/c1-29-22-12-6-5-8-18(22)15-25(17-21-11-7-13-30-21)24(28)19-14-23(27)26(16-19)20-9-3-2-4-10-20/h2-13,19H,14-17H2,1H3. The zero-order valence-corrected chi connectivity index (χ0v) is 17.7. The van der Waals surface area contributed by atoms with Gasteiger partial charge in [-0.2, -0.15) is 0 Å². The quantitative estimate of drug-likeness (QED) is 0.571. The molecule has 1 atom stereocenters. The molecule has 1 aliphatic heterocycles. The highest BCUT2D eigenvalue weighted by molar-refractivity contribution is 7.09. The maximum absolute atomic E-state index is 13.5. The molecule has 1 aromatic heterocycles. The van der Waals surface area contributed by atoms with E-state index in [1.165, 1.54) is 0 Å². The van der Waals surface area contributed by atoms with Crippen molar-refractivity contribution in [2.24, 2.45) is 5.92 Å². The number of hydrogen-bond acceptors (Lipinski definition) is 4. The molecule has 0 aliphatic carbocycles. The number of carbonyl (C=O) groups is 2. The summed E-state index contributed by atoms with van der Waals surface area (Å²) >= 11 is 1.63. The molecule has 4 rings (SSSR count). The molecule has 0 radical (unpaired) electrons. The molecule has 0 spiro atoms. The van der Waals surface area contributed by atoms with Gasteiger partial charge < -0.3 is 14.5 Å². The molecule has 0 bridgehead atoms. The van der Waals surface area contributed by atoms with Crippen LogP contribution in [0.1, 0.15) is 16.9 Å². The second-order valence-electron chi connectivity index (χ2n) is 7.33. The van der Waals surface area contributed by atoms with Crippen molar-refractivity contribution in [3.8, 4) is 5.75 Å². The summed E-state index contributed by atoms with van der Waals surface area (Å²) in [6, 6.07) is 21.3. The SMILES string of the molecule is COc1ccccc1CN(Cc1cccs1)C(=O)C1CC(=O)N(c2ccccc2)C1. The lowest BCUT2D eigenvalue weighted by atomic mass is 10.1. The average Bonchev–Trinajstić information content (AvgIpc) is 3.43. The lowest BCUT2D eigenvalue weighted by molar-refractivity contribution is -0.137. The Hall–Kier alpha value is -3.12. The van der Waals surface area contributed by atoms with Gasteiger partial charge in [-0.05, 0) is 29.6 Å². The molecule has 3 aromatic rings. The summed E-state index contributed by atoms with van der Waals surface area (Å²) in [6.07, 6.45) is 0.237. The molecule has 30 heavy (non-hydrogen) atoms. The van der Waals surface area contributed by atoms with E-state index in [-0.39, 0.29) is 24.2 Å². The number of amides is 2. The molecule has 2 heterocycles. The van der Waals surface area contributed by atoms with Gasteiger partial charge in [0.1, 0.15) is 5.75 Å². The summed E-state index contributed by atoms with van der Waals surface area (Å²) < 4.78 is 5.48. The van der Waals surface area contributed by atoms with Gasteiger partial charge in [-0.3, -0.25) is 9.59 Å². The number of hydrogen-bond donors (Lipinski definition) is 0. The van der Waals surface area contributed by atoms with Gasteiger partial charge in [0, 0.05) is 35.6 Å². The average molecular weight is 421 g/mol. The fourth-order valence-corrected chi connectivity index (χ4v) is 4.55. The van der Waals surface area contributed by atoms with Crippen LogP contribution in [0.4, 0.5) is 5.69 Å². The smallest absolute Gasteiger partial charge is 0.228 e. The summed E-state index contributed by atoms with van der Waals surface area (Å²) in [7, 11) is 1.64. The van der Waals surface area contributed by atoms with Crippen LogP contribution >= 0.6 is 11.3 Å². The van der Waals surface area contributed by atoms with E-state index >= 15 is 0 Å². The third-order valence-corrected chi connectivity index (χ3v) is 6.20. The van der Waals surface area contributed by atoms with Gasteiger partial charge in [-0.1, -0.05) is 42.5 Å². The Morgan fingerprint density at radius 1 is 1.07 bits per heavy atom. The Morgan fingerprint density at radius 3 is 2.57 bits per heavy atom. The van der Waals surface area contributed by atoms with Gasteiger partial charge in [-0.25, -0.2) is 0 Å². The lowest BCUT2D eigenvalue weighted by Gasteiger charge is -2.26. The Morgan fingerprint density at radius 2 is 1.83 bits per heavy atom. The van der Waals surface area contributed by atoms with Crippen molar-refractivity contribution in [3.63, 3.8) is 0 Å². The Kier molecular flexibility index (Phi) is 6.14. The first-order valence-electron chi connectivity index (χ1n) is 9.94. The second-order valence-corrected chi connectivity index (χ2v) is 8.36. The summed E-state index contributed by atoms with van der Waals surface area (Å²) in [6.45, 7) is 1.37. The summed E-state index contributed by atoms with van der Waals surface area (Å²) in [5, 5.41) is 2.01. The minimum Gasteiger partial charge on any atom is -0.496 e. The minimum absolute atomic E-state index is 0.00101. The first-order chi connectivity index (χ1) is 14.7.